The van der Waals surface area contributed by atoms with Crippen molar-refractivity contribution in [3.05, 3.63) is 0 Å². The zero-order valence-electron chi connectivity index (χ0n) is 13.2. The van der Waals surface area contributed by atoms with E-state index in [0.717, 1.165) is 0 Å². The first-order valence-corrected chi connectivity index (χ1v) is 9.63. The molecule has 3 nitrogen and oxygen atoms in total. The van der Waals surface area contributed by atoms with Gasteiger partial charge in [-0.3, -0.25) is 4.79 Å². The number of carbonyl (C=O) groups is 1. The number of aliphatic hydroxyl groups is 1. The summed E-state index contributed by atoms with van der Waals surface area (Å²) in [6, 6.07) is 0. The van der Waals surface area contributed by atoms with Crippen LogP contribution in [-0.4, -0.2) is 31.9 Å². The van der Waals surface area contributed by atoms with Gasteiger partial charge >= 0.3 is 0 Å². The Kier molecular flexibility index (Phi) is 6.24. The van der Waals surface area contributed by atoms with Crippen molar-refractivity contribution in [2.75, 3.05) is 6.61 Å². The lowest BCUT2D eigenvalue weighted by atomic mass is 9.91. The minimum Gasteiger partial charge on any atom is -0.416 e. The summed E-state index contributed by atoms with van der Waals surface area (Å²) in [7, 11) is -1.77. The fourth-order valence-electron chi connectivity index (χ4n) is 1.39. The molecular weight excluding hydrogens is 244 g/mol. The second-order valence-electron chi connectivity index (χ2n) is 6.94. The van der Waals surface area contributed by atoms with E-state index in [1.165, 1.54) is 6.92 Å². The largest absolute Gasteiger partial charge is 0.416 e. The van der Waals surface area contributed by atoms with Gasteiger partial charge in [-0.05, 0) is 25.1 Å². The summed E-state index contributed by atoms with van der Waals surface area (Å²) in [5.74, 6) is -0.303. The Morgan fingerprint density at radius 2 is 1.72 bits per heavy atom. The van der Waals surface area contributed by atoms with E-state index in [4.69, 9.17) is 4.43 Å². The van der Waals surface area contributed by atoms with E-state index in [9.17, 15) is 9.90 Å². The first kappa shape index (κ1) is 17.8. The van der Waals surface area contributed by atoms with Crippen LogP contribution < -0.4 is 0 Å². The van der Waals surface area contributed by atoms with Crippen LogP contribution in [0.15, 0.2) is 0 Å². The van der Waals surface area contributed by atoms with E-state index in [2.05, 4.69) is 33.9 Å². The molecule has 0 radical (unpaired) electrons. The van der Waals surface area contributed by atoms with Gasteiger partial charge in [-0.1, -0.05) is 34.6 Å². The van der Waals surface area contributed by atoms with Crippen LogP contribution in [0.3, 0.4) is 0 Å². The molecule has 0 aromatic carbocycles. The number of ketones is 1. The quantitative estimate of drug-likeness (QED) is 0.756. The Morgan fingerprint density at radius 3 is 2.06 bits per heavy atom. The lowest BCUT2D eigenvalue weighted by molar-refractivity contribution is -0.124. The van der Waals surface area contributed by atoms with Gasteiger partial charge in [0.25, 0.3) is 0 Å². The zero-order valence-corrected chi connectivity index (χ0v) is 14.2. The van der Waals surface area contributed by atoms with Crippen molar-refractivity contribution in [1.82, 2.24) is 0 Å². The predicted octanol–water partition coefficient (Wildman–Crippen LogP) is 3.23. The molecule has 0 saturated carbocycles. The summed E-state index contributed by atoms with van der Waals surface area (Å²) in [6.45, 7) is 16.7. The third kappa shape index (κ3) is 4.82. The molecule has 0 bridgehead atoms. The second kappa shape index (κ2) is 6.31. The van der Waals surface area contributed by atoms with E-state index in [1.807, 2.05) is 6.92 Å². The molecule has 0 aliphatic rings. The minimum atomic E-state index is -1.77. The Bertz CT molecular complexity index is 281. The van der Waals surface area contributed by atoms with Gasteiger partial charge in [-0.15, -0.1) is 0 Å². The Labute approximate surface area is 113 Å². The van der Waals surface area contributed by atoms with Crippen molar-refractivity contribution in [3.8, 4) is 0 Å². The minimum absolute atomic E-state index is 0.0157. The fourth-order valence-corrected chi connectivity index (χ4v) is 2.50. The van der Waals surface area contributed by atoms with E-state index >= 15 is 0 Å². The van der Waals surface area contributed by atoms with Gasteiger partial charge in [-0.2, -0.15) is 0 Å². The average Bonchev–Trinajstić information content (AvgIpc) is 2.22. The standard InChI is InChI=1S/C14H30O3Si/c1-10(13(16)11(2)12(3)15)9-17-18(7,8)14(4,5)6/h10-11,13,16H,9H2,1-8H3/t10-,11+,13+/m1/s1. The number of hydrogen-bond donors (Lipinski definition) is 1. The molecule has 0 heterocycles. The zero-order chi connectivity index (χ0) is 14.7. The highest BCUT2D eigenvalue weighted by molar-refractivity contribution is 6.74. The maximum absolute atomic E-state index is 11.3. The first-order chi connectivity index (χ1) is 7.90. The van der Waals surface area contributed by atoms with Crippen molar-refractivity contribution < 1.29 is 14.3 Å². The van der Waals surface area contributed by atoms with Crippen LogP contribution in [0.2, 0.25) is 18.1 Å². The molecule has 1 N–H and O–H groups in total. The summed E-state index contributed by atoms with van der Waals surface area (Å²) >= 11 is 0. The third-order valence-electron chi connectivity index (χ3n) is 4.25. The molecule has 108 valence electrons. The molecule has 0 amide bonds. The van der Waals surface area contributed by atoms with Crippen LogP contribution in [0.5, 0.6) is 0 Å². The van der Waals surface area contributed by atoms with Crippen molar-refractivity contribution in [2.45, 2.75) is 65.8 Å². The number of rotatable bonds is 6. The summed E-state index contributed by atoms with van der Waals surface area (Å²) in [5.41, 5.74) is 0. The molecule has 0 rings (SSSR count). The Morgan fingerprint density at radius 1 is 1.28 bits per heavy atom. The fraction of sp³-hybridized carbons (Fsp3) is 0.929. The predicted molar refractivity (Wildman–Crippen MR) is 78.2 cm³/mol. The van der Waals surface area contributed by atoms with Gasteiger partial charge in [0.05, 0.1) is 6.10 Å². The van der Waals surface area contributed by atoms with Gasteiger partial charge < -0.3 is 9.53 Å². The smallest absolute Gasteiger partial charge is 0.191 e. The summed E-state index contributed by atoms with van der Waals surface area (Å²) < 4.78 is 6.07. The van der Waals surface area contributed by atoms with Crippen molar-refractivity contribution in [3.63, 3.8) is 0 Å². The van der Waals surface area contributed by atoms with Crippen LogP contribution in [0.25, 0.3) is 0 Å². The number of Topliss-reactive ketones (excluding diaryl/α,β-unsaturated/α-hetero) is 1. The molecule has 0 aromatic rings. The summed E-state index contributed by atoms with van der Waals surface area (Å²) in [4.78, 5) is 11.3. The Balaban J connectivity index is 4.43. The van der Waals surface area contributed by atoms with Crippen LogP contribution >= 0.6 is 0 Å². The molecule has 0 aromatic heterocycles. The number of carbonyl (C=O) groups excluding carboxylic acids is 1. The molecule has 0 aliphatic heterocycles. The average molecular weight is 274 g/mol. The number of aliphatic hydroxyl groups excluding tert-OH is 1. The van der Waals surface area contributed by atoms with E-state index in [0.29, 0.717) is 6.61 Å². The maximum Gasteiger partial charge on any atom is 0.191 e. The topological polar surface area (TPSA) is 46.5 Å². The third-order valence-corrected chi connectivity index (χ3v) is 8.75. The van der Waals surface area contributed by atoms with Gasteiger partial charge in [0.15, 0.2) is 8.32 Å². The van der Waals surface area contributed by atoms with Crippen LogP contribution in [-0.2, 0) is 9.22 Å². The maximum atomic E-state index is 11.3. The highest BCUT2D eigenvalue weighted by atomic mass is 28.4. The lowest BCUT2D eigenvalue weighted by Gasteiger charge is -2.37. The first-order valence-electron chi connectivity index (χ1n) is 6.72. The van der Waals surface area contributed by atoms with Crippen molar-refractivity contribution in [2.24, 2.45) is 11.8 Å². The van der Waals surface area contributed by atoms with Crippen LogP contribution in [0, 0.1) is 11.8 Å². The molecule has 3 atom stereocenters. The van der Waals surface area contributed by atoms with Crippen LogP contribution in [0.4, 0.5) is 0 Å². The van der Waals surface area contributed by atoms with Crippen LogP contribution in [0.1, 0.15) is 41.5 Å². The molecule has 0 unspecified atom stereocenters. The summed E-state index contributed by atoms with van der Waals surface area (Å²) in [6.07, 6.45) is -0.618. The van der Waals surface area contributed by atoms with E-state index in [-0.39, 0.29) is 22.7 Å². The highest BCUT2D eigenvalue weighted by Crippen LogP contribution is 2.37. The SMILES string of the molecule is CC(=O)[C@H](C)[C@@H](O)[C@H](C)CO[Si](C)(C)C(C)(C)C. The van der Waals surface area contributed by atoms with Crippen molar-refractivity contribution in [1.29, 1.82) is 0 Å². The lowest BCUT2D eigenvalue weighted by Crippen LogP contribution is -2.43. The van der Waals surface area contributed by atoms with Crippen molar-refractivity contribution >= 4 is 14.1 Å². The van der Waals surface area contributed by atoms with Gasteiger partial charge in [0.2, 0.25) is 0 Å². The van der Waals surface area contributed by atoms with Gasteiger partial charge in [0.1, 0.15) is 5.78 Å². The molecule has 0 fully saturated rings. The summed E-state index contributed by atoms with van der Waals surface area (Å²) in [5, 5.41) is 10.2. The molecule has 0 aliphatic carbocycles. The van der Waals surface area contributed by atoms with Gasteiger partial charge in [0, 0.05) is 18.4 Å². The molecule has 4 heteroatoms. The molecular formula is C14H30O3Si. The highest BCUT2D eigenvalue weighted by Gasteiger charge is 2.38. The normalized spacial score (nSPS) is 18.3. The second-order valence-corrected chi connectivity index (χ2v) is 11.7. The molecule has 0 saturated heterocycles. The van der Waals surface area contributed by atoms with E-state index in [1.54, 1.807) is 6.92 Å². The van der Waals surface area contributed by atoms with Gasteiger partial charge in [-0.25, -0.2) is 0 Å². The molecule has 0 spiro atoms. The molecule has 18 heavy (non-hydrogen) atoms. The number of hydrogen-bond acceptors (Lipinski definition) is 3. The Hall–Kier alpha value is -0.193. The monoisotopic (exact) mass is 274 g/mol. The van der Waals surface area contributed by atoms with E-state index < -0.39 is 14.4 Å².